The quantitative estimate of drug-likeness (QED) is 0.728. The van der Waals surface area contributed by atoms with Crippen LogP contribution < -0.4 is 4.90 Å². The van der Waals surface area contributed by atoms with Gasteiger partial charge in [0.15, 0.2) is 5.82 Å². The van der Waals surface area contributed by atoms with Crippen LogP contribution in [0, 0.1) is 6.92 Å². The van der Waals surface area contributed by atoms with Gasteiger partial charge in [-0.05, 0) is 24.3 Å². The number of aryl methyl sites for hydroxylation is 1. The Hall–Kier alpha value is -2.18. The van der Waals surface area contributed by atoms with Gasteiger partial charge in [0.05, 0.1) is 12.1 Å². The molecule has 124 valence electrons. The number of nitrogens with zero attached hydrogens (tertiary/aromatic N) is 5. The Labute approximate surface area is 145 Å². The zero-order valence-corrected chi connectivity index (χ0v) is 14.2. The van der Waals surface area contributed by atoms with Gasteiger partial charge in [-0.25, -0.2) is 0 Å². The monoisotopic (exact) mass is 343 g/mol. The maximum atomic E-state index is 6.17. The van der Waals surface area contributed by atoms with E-state index in [9.17, 15) is 0 Å². The Morgan fingerprint density at radius 1 is 1.17 bits per heavy atom. The fraction of sp³-hybridized carbons (Fsp3) is 0.353. The second kappa shape index (κ2) is 6.37. The van der Waals surface area contributed by atoms with Crippen LogP contribution in [0.1, 0.15) is 11.7 Å². The number of anilines is 1. The SMILES string of the molecule is Cc1nc(CN2CCN(c3ccnc4ccc(Cl)cc34)CC2)no1. The first-order valence-corrected chi connectivity index (χ1v) is 8.37. The molecule has 3 heterocycles. The molecule has 0 aliphatic carbocycles. The minimum atomic E-state index is 0.615. The van der Waals surface area contributed by atoms with E-state index in [4.69, 9.17) is 16.1 Å². The molecule has 1 fully saturated rings. The average Bonchev–Trinajstić information content (AvgIpc) is 3.00. The van der Waals surface area contributed by atoms with E-state index in [0.717, 1.165) is 54.5 Å². The lowest BCUT2D eigenvalue weighted by molar-refractivity contribution is 0.240. The molecular formula is C17H18ClN5O. The third kappa shape index (κ3) is 3.07. The predicted octanol–water partition coefficient (Wildman–Crippen LogP) is 2.90. The van der Waals surface area contributed by atoms with Crippen molar-refractivity contribution in [3.63, 3.8) is 0 Å². The lowest BCUT2D eigenvalue weighted by Gasteiger charge is -2.36. The summed E-state index contributed by atoms with van der Waals surface area (Å²) < 4.78 is 5.04. The van der Waals surface area contributed by atoms with Crippen LogP contribution in [0.15, 0.2) is 35.0 Å². The van der Waals surface area contributed by atoms with Gasteiger partial charge in [-0.3, -0.25) is 9.88 Å². The van der Waals surface area contributed by atoms with E-state index in [0.29, 0.717) is 5.89 Å². The Balaban J connectivity index is 1.49. The average molecular weight is 344 g/mol. The molecule has 24 heavy (non-hydrogen) atoms. The van der Waals surface area contributed by atoms with Crippen molar-refractivity contribution >= 4 is 28.2 Å². The van der Waals surface area contributed by atoms with E-state index in [1.54, 1.807) is 0 Å². The molecule has 0 N–H and O–H groups in total. The molecule has 7 heteroatoms. The topological polar surface area (TPSA) is 58.3 Å². The van der Waals surface area contributed by atoms with E-state index < -0.39 is 0 Å². The highest BCUT2D eigenvalue weighted by Crippen LogP contribution is 2.28. The van der Waals surface area contributed by atoms with E-state index >= 15 is 0 Å². The van der Waals surface area contributed by atoms with E-state index in [-0.39, 0.29) is 0 Å². The van der Waals surface area contributed by atoms with Gasteiger partial charge in [0.25, 0.3) is 0 Å². The lowest BCUT2D eigenvalue weighted by atomic mass is 10.1. The number of rotatable bonds is 3. The summed E-state index contributed by atoms with van der Waals surface area (Å²) in [5.41, 5.74) is 2.17. The maximum Gasteiger partial charge on any atom is 0.223 e. The molecule has 0 saturated carbocycles. The van der Waals surface area contributed by atoms with Gasteiger partial charge in [0.1, 0.15) is 0 Å². The standard InChI is InChI=1S/C17H18ClN5O/c1-12-20-17(21-24-12)11-22-6-8-23(9-7-22)16-4-5-19-15-3-2-13(18)10-14(15)16/h2-5,10H,6-9,11H2,1H3. The second-order valence-electron chi connectivity index (χ2n) is 5.98. The number of benzene rings is 1. The van der Waals surface area contributed by atoms with Crippen molar-refractivity contribution in [1.29, 1.82) is 0 Å². The van der Waals surface area contributed by atoms with Gasteiger partial charge >= 0.3 is 0 Å². The van der Waals surface area contributed by atoms with Gasteiger partial charge < -0.3 is 9.42 Å². The van der Waals surface area contributed by atoms with Crippen LogP contribution in [-0.4, -0.2) is 46.2 Å². The first-order chi connectivity index (χ1) is 11.7. The number of piperazine rings is 1. The maximum absolute atomic E-state index is 6.17. The normalized spacial score (nSPS) is 16.0. The van der Waals surface area contributed by atoms with Gasteiger partial charge in [-0.2, -0.15) is 4.98 Å². The van der Waals surface area contributed by atoms with Gasteiger partial charge in [-0.15, -0.1) is 0 Å². The zero-order valence-electron chi connectivity index (χ0n) is 13.4. The molecule has 1 aliphatic rings. The third-order valence-corrected chi connectivity index (χ3v) is 4.56. The van der Waals surface area contributed by atoms with Crippen molar-refractivity contribution in [3.8, 4) is 0 Å². The molecular weight excluding hydrogens is 326 g/mol. The van der Waals surface area contributed by atoms with Crippen LogP contribution >= 0.6 is 11.6 Å². The predicted molar refractivity (Wildman–Crippen MR) is 93.3 cm³/mol. The summed E-state index contributed by atoms with van der Waals surface area (Å²) in [6.07, 6.45) is 1.86. The highest BCUT2D eigenvalue weighted by molar-refractivity contribution is 6.31. The summed E-state index contributed by atoms with van der Waals surface area (Å²) >= 11 is 6.17. The minimum Gasteiger partial charge on any atom is -0.368 e. The van der Waals surface area contributed by atoms with Crippen LogP contribution in [-0.2, 0) is 6.54 Å². The van der Waals surface area contributed by atoms with Crippen molar-refractivity contribution in [2.45, 2.75) is 13.5 Å². The van der Waals surface area contributed by atoms with Crippen molar-refractivity contribution < 1.29 is 4.52 Å². The molecule has 4 rings (SSSR count). The van der Waals surface area contributed by atoms with E-state index in [2.05, 4.69) is 31.0 Å². The Bertz CT molecular complexity index is 857. The van der Waals surface area contributed by atoms with Crippen LogP contribution in [0.2, 0.25) is 5.02 Å². The summed E-state index contributed by atoms with van der Waals surface area (Å²) in [4.78, 5) is 13.4. The Morgan fingerprint density at radius 2 is 2.00 bits per heavy atom. The molecule has 0 atom stereocenters. The summed E-state index contributed by atoms with van der Waals surface area (Å²) in [7, 11) is 0. The number of aromatic nitrogens is 3. The third-order valence-electron chi connectivity index (χ3n) is 4.33. The Morgan fingerprint density at radius 3 is 2.75 bits per heavy atom. The van der Waals surface area contributed by atoms with Crippen molar-refractivity contribution in [3.05, 3.63) is 47.2 Å². The molecule has 1 aliphatic heterocycles. The molecule has 0 spiro atoms. The minimum absolute atomic E-state index is 0.615. The van der Waals surface area contributed by atoms with Crippen molar-refractivity contribution in [1.82, 2.24) is 20.0 Å². The number of pyridine rings is 1. The molecule has 0 radical (unpaired) electrons. The number of halogens is 1. The number of hydrogen-bond donors (Lipinski definition) is 0. The molecule has 6 nitrogen and oxygen atoms in total. The van der Waals surface area contributed by atoms with Crippen LogP contribution in [0.5, 0.6) is 0 Å². The second-order valence-corrected chi connectivity index (χ2v) is 6.42. The molecule has 3 aromatic rings. The van der Waals surface area contributed by atoms with Gasteiger partial charge in [0.2, 0.25) is 5.89 Å². The molecule has 1 aromatic carbocycles. The summed E-state index contributed by atoms with van der Waals surface area (Å²) in [6, 6.07) is 7.91. The van der Waals surface area contributed by atoms with E-state index in [1.165, 1.54) is 5.69 Å². The molecule has 0 amide bonds. The fourth-order valence-corrected chi connectivity index (χ4v) is 3.30. The van der Waals surface area contributed by atoms with Crippen LogP contribution in [0.3, 0.4) is 0 Å². The summed E-state index contributed by atoms with van der Waals surface area (Å²) in [5.74, 6) is 1.37. The number of hydrogen-bond acceptors (Lipinski definition) is 6. The van der Waals surface area contributed by atoms with Gasteiger partial charge in [-0.1, -0.05) is 16.8 Å². The first-order valence-electron chi connectivity index (χ1n) is 8.00. The highest BCUT2D eigenvalue weighted by atomic mass is 35.5. The van der Waals surface area contributed by atoms with Crippen molar-refractivity contribution in [2.24, 2.45) is 0 Å². The van der Waals surface area contributed by atoms with E-state index in [1.807, 2.05) is 31.3 Å². The lowest BCUT2D eigenvalue weighted by Crippen LogP contribution is -2.46. The molecule has 0 bridgehead atoms. The van der Waals surface area contributed by atoms with Gasteiger partial charge in [0, 0.05) is 55.4 Å². The van der Waals surface area contributed by atoms with Crippen LogP contribution in [0.4, 0.5) is 5.69 Å². The first kappa shape index (κ1) is 15.4. The summed E-state index contributed by atoms with van der Waals surface area (Å²) in [6.45, 7) is 6.35. The van der Waals surface area contributed by atoms with Crippen molar-refractivity contribution in [2.75, 3.05) is 31.1 Å². The molecule has 0 unspecified atom stereocenters. The summed E-state index contributed by atoms with van der Waals surface area (Å²) in [5, 5.41) is 5.82. The fourth-order valence-electron chi connectivity index (χ4n) is 3.13. The Kier molecular flexibility index (Phi) is 4.08. The molecule has 1 saturated heterocycles. The smallest absolute Gasteiger partial charge is 0.223 e. The van der Waals surface area contributed by atoms with Crippen LogP contribution in [0.25, 0.3) is 10.9 Å². The largest absolute Gasteiger partial charge is 0.368 e. The number of fused-ring (bicyclic) bond motifs is 1. The zero-order chi connectivity index (χ0) is 16.5. The highest BCUT2D eigenvalue weighted by Gasteiger charge is 2.20. The molecule has 2 aromatic heterocycles.